The van der Waals surface area contributed by atoms with E-state index in [0.29, 0.717) is 10.6 Å². The summed E-state index contributed by atoms with van der Waals surface area (Å²) >= 11 is 5.90. The number of halogens is 1. The van der Waals surface area contributed by atoms with Gasteiger partial charge in [0.25, 0.3) is 10.0 Å². The van der Waals surface area contributed by atoms with Crippen LogP contribution in [0.25, 0.3) is 0 Å². The molecule has 0 spiro atoms. The molecule has 0 saturated carbocycles. The van der Waals surface area contributed by atoms with Gasteiger partial charge in [-0.25, -0.2) is 8.42 Å². The van der Waals surface area contributed by atoms with Gasteiger partial charge in [-0.15, -0.1) is 0 Å². The number of aliphatic imine (C=N–C) groups is 1. The molecule has 1 amide bonds. The molecule has 8 heteroatoms. The van der Waals surface area contributed by atoms with E-state index in [4.69, 9.17) is 11.6 Å². The normalized spacial score (nSPS) is 17.2. The van der Waals surface area contributed by atoms with E-state index in [9.17, 15) is 13.2 Å². The van der Waals surface area contributed by atoms with Crippen LogP contribution in [0.5, 0.6) is 0 Å². The Kier molecular flexibility index (Phi) is 5.82. The molecule has 0 bridgehead atoms. The van der Waals surface area contributed by atoms with Gasteiger partial charge in [-0.3, -0.25) is 14.5 Å². The minimum Gasteiger partial charge on any atom is -0.349 e. The fourth-order valence-corrected chi connectivity index (χ4v) is 4.28. The molecule has 0 radical (unpaired) electrons. The predicted molar refractivity (Wildman–Crippen MR) is 105 cm³/mol. The molecule has 2 aromatic carbocycles. The van der Waals surface area contributed by atoms with E-state index in [1.54, 1.807) is 30.3 Å². The molecule has 1 unspecified atom stereocenters. The van der Waals surface area contributed by atoms with Crippen molar-refractivity contribution in [3.8, 4) is 0 Å². The summed E-state index contributed by atoms with van der Waals surface area (Å²) < 4.78 is 26.5. The van der Waals surface area contributed by atoms with Crippen molar-refractivity contribution in [2.24, 2.45) is 4.99 Å². The highest BCUT2D eigenvalue weighted by molar-refractivity contribution is 7.90. The fourth-order valence-electron chi connectivity index (χ4n) is 2.90. The first kappa shape index (κ1) is 19.4. The second-order valence-corrected chi connectivity index (χ2v) is 8.25. The number of sulfonamides is 1. The van der Waals surface area contributed by atoms with Crippen molar-refractivity contribution in [2.45, 2.75) is 30.7 Å². The van der Waals surface area contributed by atoms with Crippen molar-refractivity contribution in [1.29, 1.82) is 0 Å². The number of benzene rings is 2. The van der Waals surface area contributed by atoms with E-state index in [2.05, 4.69) is 15.0 Å². The Morgan fingerprint density at radius 1 is 1.19 bits per heavy atom. The van der Waals surface area contributed by atoms with Crippen LogP contribution in [-0.4, -0.2) is 26.7 Å². The van der Waals surface area contributed by atoms with Gasteiger partial charge >= 0.3 is 0 Å². The summed E-state index contributed by atoms with van der Waals surface area (Å²) in [6.45, 7) is 2.18. The largest absolute Gasteiger partial charge is 0.349 e. The molecule has 6 nitrogen and oxygen atoms in total. The number of hydrogen-bond donors (Lipinski definition) is 2. The number of nitrogens with one attached hydrogen (secondary N) is 2. The molecular weight excluding hydrogens is 386 g/mol. The summed E-state index contributed by atoms with van der Waals surface area (Å²) in [4.78, 5) is 16.7. The van der Waals surface area contributed by atoms with Crippen molar-refractivity contribution < 1.29 is 13.2 Å². The highest BCUT2D eigenvalue weighted by Gasteiger charge is 2.29. The van der Waals surface area contributed by atoms with Crippen molar-refractivity contribution in [3.05, 3.63) is 64.7 Å². The highest BCUT2D eigenvalue weighted by Crippen LogP contribution is 2.22. The molecule has 2 aromatic rings. The average molecular weight is 406 g/mol. The molecule has 1 atom stereocenters. The third-order valence-corrected chi connectivity index (χ3v) is 5.94. The lowest BCUT2D eigenvalue weighted by atomic mass is 10.0. The van der Waals surface area contributed by atoms with Crippen LogP contribution < -0.4 is 10.0 Å². The van der Waals surface area contributed by atoms with E-state index >= 15 is 0 Å². The van der Waals surface area contributed by atoms with Crippen molar-refractivity contribution in [2.75, 3.05) is 6.54 Å². The van der Waals surface area contributed by atoms with Crippen molar-refractivity contribution in [1.82, 2.24) is 10.0 Å². The average Bonchev–Trinajstić information content (AvgIpc) is 2.91. The molecule has 1 aliphatic heterocycles. The van der Waals surface area contributed by atoms with E-state index in [1.807, 2.05) is 19.1 Å². The molecule has 2 N–H and O–H groups in total. The maximum absolute atomic E-state index is 12.3. The molecule has 1 aliphatic rings. The van der Waals surface area contributed by atoms with Crippen molar-refractivity contribution in [3.63, 3.8) is 0 Å². The number of amides is 1. The summed E-state index contributed by atoms with van der Waals surface area (Å²) in [5, 5.41) is 3.62. The molecule has 1 heterocycles. The first-order valence-corrected chi connectivity index (χ1v) is 10.5. The zero-order valence-electron chi connectivity index (χ0n) is 14.8. The van der Waals surface area contributed by atoms with Crippen LogP contribution >= 0.6 is 11.6 Å². The second kappa shape index (κ2) is 8.10. The Morgan fingerprint density at radius 3 is 2.59 bits per heavy atom. The Morgan fingerprint density at radius 2 is 1.89 bits per heavy atom. The van der Waals surface area contributed by atoms with Crippen LogP contribution in [0.1, 0.15) is 36.9 Å². The van der Waals surface area contributed by atoms with Crippen LogP contribution in [0.3, 0.4) is 0 Å². The van der Waals surface area contributed by atoms with Gasteiger partial charge in [-0.05, 0) is 36.2 Å². The smallest absolute Gasteiger partial charge is 0.263 e. The third-order valence-electron chi connectivity index (χ3n) is 4.29. The van der Waals surface area contributed by atoms with E-state index in [-0.39, 0.29) is 35.6 Å². The summed E-state index contributed by atoms with van der Waals surface area (Å²) in [6, 6.07) is 13.9. The van der Waals surface area contributed by atoms with Crippen LogP contribution in [0.2, 0.25) is 5.02 Å². The van der Waals surface area contributed by atoms with Gasteiger partial charge in [0.1, 0.15) is 5.84 Å². The maximum atomic E-state index is 12.3. The van der Waals surface area contributed by atoms with E-state index in [1.165, 1.54) is 6.07 Å². The summed E-state index contributed by atoms with van der Waals surface area (Å²) in [5.74, 6) is 0.137. The zero-order chi connectivity index (χ0) is 19.4. The number of carbonyl (C=O) groups excluding carboxylic acids is 1. The van der Waals surface area contributed by atoms with Crippen LogP contribution in [0.4, 0.5) is 0 Å². The number of nitrogens with zero attached hydrogens (tertiary/aromatic N) is 1. The topological polar surface area (TPSA) is 87.6 Å². The first-order chi connectivity index (χ1) is 12.9. The van der Waals surface area contributed by atoms with Crippen LogP contribution in [0.15, 0.2) is 58.4 Å². The number of carbonyl (C=O) groups is 1. The maximum Gasteiger partial charge on any atom is 0.263 e. The number of amidine groups is 1. The Bertz CT molecular complexity index is 972. The quantitative estimate of drug-likeness (QED) is 0.774. The Labute approximate surface area is 163 Å². The molecule has 0 aromatic heterocycles. The summed E-state index contributed by atoms with van der Waals surface area (Å²) in [7, 11) is -3.56. The monoisotopic (exact) mass is 405 g/mol. The minimum atomic E-state index is -3.56. The van der Waals surface area contributed by atoms with Gasteiger partial charge in [0.05, 0.1) is 17.5 Å². The zero-order valence-corrected chi connectivity index (χ0v) is 16.3. The number of rotatable bonds is 6. The van der Waals surface area contributed by atoms with Crippen LogP contribution in [0, 0.1) is 0 Å². The van der Waals surface area contributed by atoms with E-state index < -0.39 is 10.0 Å². The fraction of sp³-hybridized carbons (Fsp3) is 0.263. The van der Waals surface area contributed by atoms with Gasteiger partial charge in [0.2, 0.25) is 5.91 Å². The van der Waals surface area contributed by atoms with Gasteiger partial charge in [0, 0.05) is 17.0 Å². The molecule has 3 rings (SSSR count). The molecule has 142 valence electrons. The molecule has 27 heavy (non-hydrogen) atoms. The lowest BCUT2D eigenvalue weighted by molar-refractivity contribution is -0.121. The molecule has 0 aliphatic carbocycles. The molecule has 0 fully saturated rings. The highest BCUT2D eigenvalue weighted by atomic mass is 35.5. The standard InChI is InChI=1S/C19H20ClN3O3S/c1-2-16(13-7-9-14(20)10-8-13)22-18(24)11-12-21-19-15-5-3-4-6-17(15)27(25,26)23-19/h3-10,16H,2,11-12H2,1H3,(H,21,23)(H,22,24). The number of hydrogen-bond acceptors (Lipinski definition) is 4. The lowest BCUT2D eigenvalue weighted by Crippen LogP contribution is -2.29. The Hall–Kier alpha value is -2.38. The van der Waals surface area contributed by atoms with Gasteiger partial charge < -0.3 is 5.32 Å². The van der Waals surface area contributed by atoms with Crippen molar-refractivity contribution >= 4 is 33.4 Å². The van der Waals surface area contributed by atoms with Gasteiger partial charge in [-0.2, -0.15) is 0 Å². The first-order valence-electron chi connectivity index (χ1n) is 8.62. The second-order valence-electron chi connectivity index (χ2n) is 6.16. The molecule has 0 saturated heterocycles. The van der Waals surface area contributed by atoms with Crippen LogP contribution in [-0.2, 0) is 14.8 Å². The van der Waals surface area contributed by atoms with Gasteiger partial charge in [-0.1, -0.05) is 42.8 Å². The lowest BCUT2D eigenvalue weighted by Gasteiger charge is -2.17. The summed E-state index contributed by atoms with van der Waals surface area (Å²) in [5.41, 5.74) is 1.52. The molecular formula is C19H20ClN3O3S. The minimum absolute atomic E-state index is 0.104. The predicted octanol–water partition coefficient (Wildman–Crippen LogP) is 3.04. The number of fused-ring (bicyclic) bond motifs is 1. The SMILES string of the molecule is CCC(NC(=O)CCN=C1NS(=O)(=O)c2ccccc21)c1ccc(Cl)cc1. The van der Waals surface area contributed by atoms with Gasteiger partial charge in [0.15, 0.2) is 0 Å². The third kappa shape index (κ3) is 4.48. The van der Waals surface area contributed by atoms with E-state index in [0.717, 1.165) is 12.0 Å². The summed E-state index contributed by atoms with van der Waals surface area (Å²) in [6.07, 6.45) is 0.909. The Balaban J connectivity index is 1.61.